The Morgan fingerprint density at radius 1 is 1.20 bits per heavy atom. The predicted octanol–water partition coefficient (Wildman–Crippen LogP) is 1.39. The number of carbonyl (C=O) groups is 1. The summed E-state index contributed by atoms with van der Waals surface area (Å²) in [6, 6.07) is 11.7. The monoisotopic (exact) mass is 291 g/mol. The van der Waals surface area contributed by atoms with Crippen molar-refractivity contribution in [2.24, 2.45) is 0 Å². The molecule has 3 rings (SSSR count). The molecule has 0 radical (unpaired) electrons. The van der Waals surface area contributed by atoms with Crippen LogP contribution in [0.15, 0.2) is 47.4 Å². The quantitative estimate of drug-likeness (QED) is 0.633. The van der Waals surface area contributed by atoms with Crippen molar-refractivity contribution in [1.29, 1.82) is 0 Å². The maximum absolute atomic E-state index is 12.6. The zero-order valence-electron chi connectivity index (χ0n) is 10.8. The molecular formula is C14H13NO4S. The van der Waals surface area contributed by atoms with Crippen molar-refractivity contribution in [1.82, 2.24) is 4.31 Å². The smallest absolute Gasteiger partial charge is 0.325 e. The summed E-state index contributed by atoms with van der Waals surface area (Å²) in [6.45, 7) is 0.179. The van der Waals surface area contributed by atoms with Crippen LogP contribution >= 0.6 is 0 Å². The summed E-state index contributed by atoms with van der Waals surface area (Å²) in [5, 5.41) is 1.51. The Hall–Kier alpha value is -1.92. The molecule has 2 atom stereocenters. The number of benzene rings is 2. The van der Waals surface area contributed by atoms with Gasteiger partial charge in [0.25, 0.3) is 0 Å². The Balaban J connectivity index is 2.05. The van der Waals surface area contributed by atoms with Gasteiger partial charge >= 0.3 is 5.97 Å². The largest absolute Gasteiger partial charge is 0.468 e. The lowest BCUT2D eigenvalue weighted by molar-refractivity contribution is -0.140. The number of esters is 1. The number of nitrogens with zero attached hydrogens (tertiary/aromatic N) is 1. The average molecular weight is 291 g/mol. The van der Waals surface area contributed by atoms with Gasteiger partial charge in [0.2, 0.25) is 10.0 Å². The van der Waals surface area contributed by atoms with Gasteiger partial charge in [-0.2, -0.15) is 4.31 Å². The van der Waals surface area contributed by atoms with E-state index in [4.69, 9.17) is 0 Å². The first-order valence-corrected chi connectivity index (χ1v) is 7.57. The van der Waals surface area contributed by atoms with Crippen LogP contribution in [0, 0.1) is 0 Å². The highest BCUT2D eigenvalue weighted by Gasteiger charge is 2.50. The molecule has 0 aliphatic carbocycles. The van der Waals surface area contributed by atoms with E-state index < -0.39 is 22.0 Å². The molecule has 2 aromatic rings. The summed E-state index contributed by atoms with van der Waals surface area (Å²) in [7, 11) is -2.41. The fourth-order valence-electron chi connectivity index (χ4n) is 2.26. The van der Waals surface area contributed by atoms with Crippen LogP contribution in [0.2, 0.25) is 0 Å². The molecule has 0 saturated carbocycles. The van der Waals surface area contributed by atoms with E-state index in [9.17, 15) is 13.2 Å². The van der Waals surface area contributed by atoms with Gasteiger partial charge in [-0.15, -0.1) is 0 Å². The van der Waals surface area contributed by atoms with Crippen LogP contribution in [0.4, 0.5) is 0 Å². The standard InChI is InChI=1S/C14H13NO4S/c1-19-14(16)12-9-15(12)20(17,18)13-8-4-6-10-5-2-3-7-11(10)13/h2-8,12H,9H2,1H3. The fourth-order valence-corrected chi connectivity index (χ4v) is 3.99. The van der Waals surface area contributed by atoms with Crippen LogP contribution < -0.4 is 0 Å². The summed E-state index contributed by atoms with van der Waals surface area (Å²) in [4.78, 5) is 11.6. The third-order valence-electron chi connectivity index (χ3n) is 3.38. The second kappa shape index (κ2) is 4.57. The summed E-state index contributed by atoms with van der Waals surface area (Å²) < 4.78 is 30.8. The minimum Gasteiger partial charge on any atom is -0.468 e. The molecule has 1 aliphatic rings. The minimum atomic E-state index is -3.66. The molecule has 0 N–H and O–H groups in total. The Kier molecular flexibility index (Phi) is 2.99. The van der Waals surface area contributed by atoms with Crippen LogP contribution in [0.25, 0.3) is 10.8 Å². The van der Waals surface area contributed by atoms with E-state index in [1.807, 2.05) is 18.2 Å². The first-order chi connectivity index (χ1) is 9.55. The molecule has 2 unspecified atom stereocenters. The Morgan fingerprint density at radius 2 is 1.90 bits per heavy atom. The molecular weight excluding hydrogens is 278 g/mol. The lowest BCUT2D eigenvalue weighted by Gasteiger charge is -2.09. The van der Waals surface area contributed by atoms with E-state index in [1.54, 1.807) is 24.3 Å². The van der Waals surface area contributed by atoms with Gasteiger partial charge in [0.15, 0.2) is 0 Å². The van der Waals surface area contributed by atoms with Crippen molar-refractivity contribution in [2.45, 2.75) is 10.9 Å². The number of rotatable bonds is 3. The van der Waals surface area contributed by atoms with Crippen LogP contribution in [-0.2, 0) is 19.6 Å². The van der Waals surface area contributed by atoms with Crippen LogP contribution in [0.5, 0.6) is 0 Å². The van der Waals surface area contributed by atoms with Crippen molar-refractivity contribution in [3.05, 3.63) is 42.5 Å². The van der Waals surface area contributed by atoms with Gasteiger partial charge in [0, 0.05) is 11.9 Å². The van der Waals surface area contributed by atoms with Crippen molar-refractivity contribution in [2.75, 3.05) is 13.7 Å². The maximum Gasteiger partial charge on any atom is 0.325 e. The molecule has 6 heteroatoms. The molecule has 0 spiro atoms. The third-order valence-corrected chi connectivity index (χ3v) is 5.31. The molecule has 1 saturated heterocycles. The van der Waals surface area contributed by atoms with E-state index >= 15 is 0 Å². The molecule has 1 aliphatic heterocycles. The molecule has 5 nitrogen and oxygen atoms in total. The maximum atomic E-state index is 12.6. The number of hydrogen-bond donors (Lipinski definition) is 0. The van der Waals surface area contributed by atoms with E-state index in [-0.39, 0.29) is 11.4 Å². The first-order valence-electron chi connectivity index (χ1n) is 6.13. The number of hydrogen-bond acceptors (Lipinski definition) is 4. The average Bonchev–Trinajstić information content (AvgIpc) is 3.27. The van der Waals surface area contributed by atoms with E-state index in [1.165, 1.54) is 7.11 Å². The Bertz CT molecular complexity index is 779. The summed E-state index contributed by atoms with van der Waals surface area (Å²) in [5.74, 6) is -0.520. The highest BCUT2D eigenvalue weighted by atomic mass is 32.2. The molecule has 104 valence electrons. The second-order valence-electron chi connectivity index (χ2n) is 4.59. The number of carbonyl (C=O) groups excluding carboxylic acids is 1. The van der Waals surface area contributed by atoms with Gasteiger partial charge < -0.3 is 4.74 Å². The van der Waals surface area contributed by atoms with Crippen LogP contribution in [0.3, 0.4) is 0 Å². The third kappa shape index (κ3) is 1.97. The Labute approximate surface area is 116 Å². The van der Waals surface area contributed by atoms with Gasteiger partial charge in [-0.05, 0) is 11.5 Å². The van der Waals surface area contributed by atoms with Gasteiger partial charge in [0.1, 0.15) is 6.04 Å². The molecule has 1 fully saturated rings. The van der Waals surface area contributed by atoms with Crippen molar-refractivity contribution >= 4 is 26.8 Å². The van der Waals surface area contributed by atoms with E-state index in [0.29, 0.717) is 5.39 Å². The normalized spacial score (nSPS) is 21.6. The molecule has 1 heterocycles. The number of fused-ring (bicyclic) bond motifs is 1. The highest BCUT2D eigenvalue weighted by molar-refractivity contribution is 7.89. The van der Waals surface area contributed by atoms with E-state index in [0.717, 1.165) is 9.69 Å². The Morgan fingerprint density at radius 3 is 2.65 bits per heavy atom. The zero-order valence-corrected chi connectivity index (χ0v) is 11.6. The molecule has 20 heavy (non-hydrogen) atoms. The van der Waals surface area contributed by atoms with Crippen molar-refractivity contribution in [3.8, 4) is 0 Å². The summed E-state index contributed by atoms with van der Waals surface area (Å²) in [5.41, 5.74) is 0. The van der Waals surface area contributed by atoms with Crippen molar-refractivity contribution < 1.29 is 17.9 Å². The SMILES string of the molecule is COC(=O)C1CN1S(=O)(=O)c1cccc2ccccc12. The summed E-state index contributed by atoms with van der Waals surface area (Å²) in [6.07, 6.45) is 0. The minimum absolute atomic E-state index is 0.179. The lowest BCUT2D eigenvalue weighted by Crippen LogP contribution is -2.20. The molecule has 2 aromatic carbocycles. The highest BCUT2D eigenvalue weighted by Crippen LogP contribution is 2.32. The predicted molar refractivity (Wildman–Crippen MR) is 73.6 cm³/mol. The van der Waals surface area contributed by atoms with Gasteiger partial charge in [0.05, 0.1) is 12.0 Å². The molecule has 0 aromatic heterocycles. The van der Waals surface area contributed by atoms with Crippen molar-refractivity contribution in [3.63, 3.8) is 0 Å². The van der Waals surface area contributed by atoms with Gasteiger partial charge in [-0.1, -0.05) is 36.4 Å². The zero-order chi connectivity index (χ0) is 14.3. The number of sulfonamides is 1. The number of ether oxygens (including phenoxy) is 1. The fraction of sp³-hybridized carbons (Fsp3) is 0.214. The molecule has 0 bridgehead atoms. The van der Waals surface area contributed by atoms with Crippen LogP contribution in [0.1, 0.15) is 0 Å². The van der Waals surface area contributed by atoms with Crippen LogP contribution in [-0.4, -0.2) is 38.4 Å². The molecule has 0 amide bonds. The lowest BCUT2D eigenvalue weighted by atomic mass is 10.1. The summed E-state index contributed by atoms with van der Waals surface area (Å²) >= 11 is 0. The van der Waals surface area contributed by atoms with Gasteiger partial charge in [-0.25, -0.2) is 8.42 Å². The number of methoxy groups -OCH3 is 1. The second-order valence-corrected chi connectivity index (χ2v) is 6.45. The van der Waals surface area contributed by atoms with E-state index in [2.05, 4.69) is 4.74 Å². The first kappa shape index (κ1) is 13.1. The topological polar surface area (TPSA) is 63.5 Å². The van der Waals surface area contributed by atoms with Gasteiger partial charge in [-0.3, -0.25) is 4.79 Å².